The lowest BCUT2D eigenvalue weighted by Crippen LogP contribution is -2.27. The van der Waals surface area contributed by atoms with E-state index in [0.717, 1.165) is 0 Å². The summed E-state index contributed by atoms with van der Waals surface area (Å²) < 4.78 is 5.69. The van der Waals surface area contributed by atoms with Crippen LogP contribution in [-0.4, -0.2) is 20.1 Å². The Kier molecular flexibility index (Phi) is 4.26. The van der Waals surface area contributed by atoms with Gasteiger partial charge in [0.1, 0.15) is 10.1 Å². The zero-order valence-electron chi connectivity index (χ0n) is 11.7. The van der Waals surface area contributed by atoms with Crippen LogP contribution in [0, 0.1) is 10.1 Å². The molecule has 2 heterocycles. The van der Waals surface area contributed by atoms with Gasteiger partial charge in [-0.15, -0.1) is 0 Å². The monoisotopic (exact) mass is 346 g/mol. The van der Waals surface area contributed by atoms with Gasteiger partial charge in [-0.2, -0.15) is 0 Å². The Morgan fingerprint density at radius 3 is 2.65 bits per heavy atom. The number of nitro benzene ring substituents is 1. The van der Waals surface area contributed by atoms with E-state index in [9.17, 15) is 14.9 Å². The van der Waals surface area contributed by atoms with Crippen molar-refractivity contribution in [3.05, 3.63) is 69.0 Å². The number of thioether (sulfide) groups is 1. The van der Waals surface area contributed by atoms with Gasteiger partial charge in [0, 0.05) is 12.1 Å². The molecule has 0 aliphatic carbocycles. The molecular weight excluding hydrogens is 336 g/mol. The number of amides is 1. The summed E-state index contributed by atoms with van der Waals surface area (Å²) in [5.41, 5.74) is 0.710. The molecule has 1 aliphatic heterocycles. The second-order valence-corrected chi connectivity index (χ2v) is 6.37. The predicted molar refractivity (Wildman–Crippen MR) is 90.5 cm³/mol. The first-order chi connectivity index (χ1) is 11.0. The molecule has 1 amide bonds. The summed E-state index contributed by atoms with van der Waals surface area (Å²) in [6.07, 6.45) is 3.21. The second-order valence-electron chi connectivity index (χ2n) is 4.70. The number of hydrogen-bond acceptors (Lipinski definition) is 6. The van der Waals surface area contributed by atoms with E-state index in [1.165, 1.54) is 28.8 Å². The van der Waals surface area contributed by atoms with Crippen molar-refractivity contribution < 1.29 is 14.1 Å². The van der Waals surface area contributed by atoms with Crippen molar-refractivity contribution in [2.45, 2.75) is 6.54 Å². The number of carbonyl (C=O) groups excluding carboxylic acids is 1. The smallest absolute Gasteiger partial charge is 0.269 e. The summed E-state index contributed by atoms with van der Waals surface area (Å²) in [4.78, 5) is 24.6. The minimum atomic E-state index is -0.466. The molecule has 8 heteroatoms. The van der Waals surface area contributed by atoms with Crippen molar-refractivity contribution >= 4 is 46.0 Å². The SMILES string of the molecule is O=C1C(=Cc2ccc([N+](=O)[O-])cc2)SC(=S)N1Cc1ccco1. The van der Waals surface area contributed by atoms with Gasteiger partial charge in [0.05, 0.1) is 22.6 Å². The summed E-state index contributed by atoms with van der Waals surface area (Å²) in [5, 5.41) is 10.6. The maximum atomic E-state index is 12.4. The average Bonchev–Trinajstić information content (AvgIpc) is 3.12. The third-order valence-electron chi connectivity index (χ3n) is 3.17. The number of hydrogen-bond donors (Lipinski definition) is 0. The Bertz CT molecular complexity index is 797. The molecule has 0 N–H and O–H groups in total. The van der Waals surface area contributed by atoms with Gasteiger partial charge in [-0.25, -0.2) is 0 Å². The van der Waals surface area contributed by atoms with Crippen LogP contribution in [0.4, 0.5) is 5.69 Å². The molecule has 0 unspecified atom stereocenters. The van der Waals surface area contributed by atoms with Crippen LogP contribution in [0.3, 0.4) is 0 Å². The van der Waals surface area contributed by atoms with E-state index in [4.69, 9.17) is 16.6 Å². The molecule has 1 saturated heterocycles. The number of rotatable bonds is 4. The van der Waals surface area contributed by atoms with Crippen molar-refractivity contribution in [3.8, 4) is 0 Å². The molecule has 1 fully saturated rings. The quantitative estimate of drug-likeness (QED) is 0.364. The van der Waals surface area contributed by atoms with Crippen LogP contribution >= 0.6 is 24.0 Å². The maximum absolute atomic E-state index is 12.4. The molecule has 0 saturated carbocycles. The van der Waals surface area contributed by atoms with Crippen LogP contribution in [0.5, 0.6) is 0 Å². The van der Waals surface area contributed by atoms with Crippen LogP contribution < -0.4 is 0 Å². The number of carbonyl (C=O) groups is 1. The highest BCUT2D eigenvalue weighted by Crippen LogP contribution is 2.33. The summed E-state index contributed by atoms with van der Waals surface area (Å²) >= 11 is 6.44. The van der Waals surface area contributed by atoms with Gasteiger partial charge in [-0.05, 0) is 35.9 Å². The molecule has 1 aromatic heterocycles. The Balaban J connectivity index is 1.79. The van der Waals surface area contributed by atoms with Gasteiger partial charge < -0.3 is 4.42 Å². The van der Waals surface area contributed by atoms with E-state index < -0.39 is 4.92 Å². The highest BCUT2D eigenvalue weighted by Gasteiger charge is 2.32. The molecule has 23 heavy (non-hydrogen) atoms. The zero-order valence-corrected chi connectivity index (χ0v) is 13.3. The van der Waals surface area contributed by atoms with Gasteiger partial charge >= 0.3 is 0 Å². The lowest BCUT2D eigenvalue weighted by molar-refractivity contribution is -0.384. The fraction of sp³-hybridized carbons (Fsp3) is 0.0667. The Morgan fingerprint density at radius 1 is 1.30 bits per heavy atom. The molecule has 0 bridgehead atoms. The maximum Gasteiger partial charge on any atom is 0.269 e. The molecule has 3 rings (SSSR count). The molecule has 6 nitrogen and oxygen atoms in total. The first kappa shape index (κ1) is 15.4. The van der Waals surface area contributed by atoms with Crippen LogP contribution in [0.15, 0.2) is 52.0 Å². The van der Waals surface area contributed by atoms with Crippen molar-refractivity contribution in [2.75, 3.05) is 0 Å². The van der Waals surface area contributed by atoms with E-state index >= 15 is 0 Å². The zero-order chi connectivity index (χ0) is 16.4. The van der Waals surface area contributed by atoms with Crippen LogP contribution in [-0.2, 0) is 11.3 Å². The summed E-state index contributed by atoms with van der Waals surface area (Å²) in [5.74, 6) is 0.452. The fourth-order valence-electron chi connectivity index (χ4n) is 2.04. The predicted octanol–water partition coefficient (Wildman–Crippen LogP) is 3.59. The normalized spacial score (nSPS) is 16.3. The van der Waals surface area contributed by atoms with Crippen molar-refractivity contribution in [2.24, 2.45) is 0 Å². The molecule has 0 atom stereocenters. The molecule has 2 aromatic rings. The molecular formula is C15H10N2O4S2. The van der Waals surface area contributed by atoms with Crippen molar-refractivity contribution in [1.82, 2.24) is 4.90 Å². The van der Waals surface area contributed by atoms with Gasteiger partial charge in [-0.1, -0.05) is 24.0 Å². The van der Waals surface area contributed by atoms with Gasteiger partial charge in [-0.3, -0.25) is 19.8 Å². The number of benzene rings is 1. The molecule has 1 aliphatic rings. The minimum Gasteiger partial charge on any atom is -0.467 e. The van der Waals surface area contributed by atoms with Crippen LogP contribution in [0.1, 0.15) is 11.3 Å². The van der Waals surface area contributed by atoms with Gasteiger partial charge in [0.25, 0.3) is 11.6 Å². The van der Waals surface area contributed by atoms with Gasteiger partial charge in [0.2, 0.25) is 0 Å². The highest BCUT2D eigenvalue weighted by atomic mass is 32.2. The number of thiocarbonyl (C=S) groups is 1. The molecule has 1 aromatic carbocycles. The van der Waals surface area contributed by atoms with Gasteiger partial charge in [0.15, 0.2) is 0 Å². The van der Waals surface area contributed by atoms with E-state index in [2.05, 4.69) is 0 Å². The van der Waals surface area contributed by atoms with E-state index in [0.29, 0.717) is 20.5 Å². The topological polar surface area (TPSA) is 76.6 Å². The Morgan fingerprint density at radius 2 is 2.04 bits per heavy atom. The standard InChI is InChI=1S/C15H10N2O4S2/c18-14-13(8-10-3-5-11(6-4-10)17(19)20)23-15(22)16(14)9-12-2-1-7-21-12/h1-8H,9H2. The number of nitrogens with zero attached hydrogens (tertiary/aromatic N) is 2. The average molecular weight is 346 g/mol. The van der Waals surface area contributed by atoms with E-state index in [1.54, 1.807) is 36.6 Å². The van der Waals surface area contributed by atoms with Crippen molar-refractivity contribution in [1.29, 1.82) is 0 Å². The summed E-state index contributed by atoms with van der Waals surface area (Å²) in [6, 6.07) is 9.51. The largest absolute Gasteiger partial charge is 0.467 e. The van der Waals surface area contributed by atoms with Crippen LogP contribution in [0.25, 0.3) is 6.08 Å². The fourth-order valence-corrected chi connectivity index (χ4v) is 3.29. The summed E-state index contributed by atoms with van der Waals surface area (Å²) in [6.45, 7) is 0.287. The number of non-ortho nitro benzene ring substituents is 1. The van der Waals surface area contributed by atoms with E-state index in [1.807, 2.05) is 0 Å². The van der Waals surface area contributed by atoms with E-state index in [-0.39, 0.29) is 18.1 Å². The first-order valence-corrected chi connectivity index (χ1v) is 7.79. The molecule has 0 spiro atoms. The lowest BCUT2D eigenvalue weighted by Gasteiger charge is -2.11. The third kappa shape index (κ3) is 3.33. The highest BCUT2D eigenvalue weighted by molar-refractivity contribution is 8.26. The third-order valence-corrected chi connectivity index (χ3v) is 4.55. The number of nitro groups is 1. The lowest BCUT2D eigenvalue weighted by atomic mass is 10.2. The second kappa shape index (κ2) is 6.35. The minimum absolute atomic E-state index is 0.00696. The first-order valence-electron chi connectivity index (χ1n) is 6.57. The molecule has 116 valence electrons. The number of furan rings is 1. The van der Waals surface area contributed by atoms with Crippen molar-refractivity contribution in [3.63, 3.8) is 0 Å². The molecule has 0 radical (unpaired) electrons. The summed E-state index contributed by atoms with van der Waals surface area (Å²) in [7, 11) is 0. The van der Waals surface area contributed by atoms with Crippen LogP contribution in [0.2, 0.25) is 0 Å². The Labute approximate surface area is 140 Å². The Hall–Kier alpha value is -2.45.